The molecule has 1 aliphatic heterocycles. The maximum atomic E-state index is 12.4. The molecule has 1 aromatic heterocycles. The second kappa shape index (κ2) is 6.54. The molecule has 0 bridgehead atoms. The van der Waals surface area contributed by atoms with Gasteiger partial charge in [0, 0.05) is 51.6 Å². The van der Waals surface area contributed by atoms with Crippen molar-refractivity contribution < 1.29 is 4.21 Å². The molecule has 0 aliphatic carbocycles. The first-order valence-electron chi connectivity index (χ1n) is 9.21. The summed E-state index contributed by atoms with van der Waals surface area (Å²) >= 11 is 0. The van der Waals surface area contributed by atoms with Crippen LogP contribution in [0, 0.1) is 23.7 Å². The van der Waals surface area contributed by atoms with E-state index in [2.05, 4.69) is 47.1 Å². The van der Waals surface area contributed by atoms with Crippen LogP contribution in [0.2, 0.25) is 0 Å². The molecule has 2 heterocycles. The molecule has 4 rings (SSSR count). The Hall–Kier alpha value is -2.58. The molecule has 5 heteroatoms. The van der Waals surface area contributed by atoms with E-state index in [4.69, 9.17) is 0 Å². The molecule has 138 valence electrons. The van der Waals surface area contributed by atoms with Crippen molar-refractivity contribution in [2.45, 2.75) is 25.7 Å². The van der Waals surface area contributed by atoms with Crippen molar-refractivity contribution in [3.8, 4) is 17.3 Å². The maximum Gasteiger partial charge on any atom is 0.0894 e. The Kier molecular flexibility index (Phi) is 4.32. The molecule has 4 nitrogen and oxygen atoms in total. The van der Waals surface area contributed by atoms with Gasteiger partial charge >= 0.3 is 0 Å². The van der Waals surface area contributed by atoms with Crippen LogP contribution in [0.15, 0.2) is 47.4 Å². The molecule has 0 radical (unpaired) electrons. The summed E-state index contributed by atoms with van der Waals surface area (Å²) in [5.74, 6) is 0.598. The number of hydrogen-bond donors (Lipinski definition) is 1. The Balaban J connectivity index is 1.82. The van der Waals surface area contributed by atoms with Gasteiger partial charge in [-0.3, -0.25) is 4.21 Å². The van der Waals surface area contributed by atoms with E-state index < -0.39 is 10.8 Å². The molecule has 3 aromatic rings. The highest BCUT2D eigenvalue weighted by Gasteiger charge is 2.40. The van der Waals surface area contributed by atoms with Gasteiger partial charge in [-0.1, -0.05) is 19.1 Å². The molecule has 1 N–H and O–H groups in total. The standard InChI is InChI=1S/C22H23N3OS/c1-4-27(26)17-7-8-21(25-13-22(3,12-23)14-25)18(11-17)20-10-16-6-5-15(2)9-19(16)24-20/h5-11,24H,4,13-14H2,1-3H3. The first-order chi connectivity index (χ1) is 12.9. The van der Waals surface area contributed by atoms with Crippen LogP contribution < -0.4 is 4.90 Å². The average molecular weight is 378 g/mol. The molecule has 1 aliphatic rings. The zero-order valence-corrected chi connectivity index (χ0v) is 16.7. The first kappa shape index (κ1) is 17.8. The zero-order chi connectivity index (χ0) is 19.2. The van der Waals surface area contributed by atoms with Crippen molar-refractivity contribution in [1.82, 2.24) is 4.98 Å². The molecular weight excluding hydrogens is 354 g/mol. The third-order valence-corrected chi connectivity index (χ3v) is 6.56. The highest BCUT2D eigenvalue weighted by Crippen LogP contribution is 2.40. The Labute approximate surface area is 162 Å². The van der Waals surface area contributed by atoms with E-state index in [-0.39, 0.29) is 5.41 Å². The molecule has 0 spiro atoms. The first-order valence-corrected chi connectivity index (χ1v) is 10.5. The van der Waals surface area contributed by atoms with Gasteiger partial charge in [0.05, 0.1) is 22.3 Å². The second-order valence-electron chi connectivity index (χ2n) is 7.62. The second-order valence-corrected chi connectivity index (χ2v) is 9.36. The summed E-state index contributed by atoms with van der Waals surface area (Å²) in [5, 5.41) is 10.5. The van der Waals surface area contributed by atoms with Gasteiger partial charge in [0.1, 0.15) is 0 Å². The van der Waals surface area contributed by atoms with Gasteiger partial charge in [-0.05, 0) is 49.7 Å². The maximum absolute atomic E-state index is 12.4. The van der Waals surface area contributed by atoms with E-state index in [1.165, 1.54) is 5.56 Å². The summed E-state index contributed by atoms with van der Waals surface area (Å²) in [6.45, 7) is 7.44. The van der Waals surface area contributed by atoms with Crippen LogP contribution in [0.1, 0.15) is 19.4 Å². The lowest BCUT2D eigenvalue weighted by Crippen LogP contribution is -2.54. The monoisotopic (exact) mass is 377 g/mol. The number of fused-ring (bicyclic) bond motifs is 1. The predicted octanol–water partition coefficient (Wildman–Crippen LogP) is 4.62. The van der Waals surface area contributed by atoms with Gasteiger partial charge in [0.15, 0.2) is 0 Å². The number of H-pyrrole nitrogens is 1. The van der Waals surface area contributed by atoms with E-state index in [0.29, 0.717) is 18.8 Å². The number of hydrogen-bond acceptors (Lipinski definition) is 3. The summed E-state index contributed by atoms with van der Waals surface area (Å²) in [6, 6.07) is 17.0. The smallest absolute Gasteiger partial charge is 0.0894 e. The minimum absolute atomic E-state index is 0.292. The molecule has 1 saturated heterocycles. The number of nitrogens with one attached hydrogen (secondary N) is 1. The topological polar surface area (TPSA) is 59.9 Å². The van der Waals surface area contributed by atoms with Crippen LogP contribution in [0.5, 0.6) is 0 Å². The number of aromatic amines is 1. The molecule has 1 unspecified atom stereocenters. The highest BCUT2D eigenvalue weighted by atomic mass is 32.2. The number of rotatable bonds is 4. The number of benzene rings is 2. The van der Waals surface area contributed by atoms with Gasteiger partial charge in [0.2, 0.25) is 0 Å². The van der Waals surface area contributed by atoms with Gasteiger partial charge in [-0.15, -0.1) is 0 Å². The van der Waals surface area contributed by atoms with Crippen molar-refractivity contribution in [3.63, 3.8) is 0 Å². The van der Waals surface area contributed by atoms with Crippen LogP contribution in [0.4, 0.5) is 5.69 Å². The fraction of sp³-hybridized carbons (Fsp3) is 0.318. The third kappa shape index (κ3) is 3.15. The van der Waals surface area contributed by atoms with Gasteiger partial charge in [-0.25, -0.2) is 0 Å². The molecule has 0 saturated carbocycles. The van der Waals surface area contributed by atoms with Crippen molar-refractivity contribution in [1.29, 1.82) is 5.26 Å². The molecule has 1 atom stereocenters. The van der Waals surface area contributed by atoms with E-state index >= 15 is 0 Å². The van der Waals surface area contributed by atoms with E-state index in [1.54, 1.807) is 0 Å². The SMILES string of the molecule is CCS(=O)c1ccc(N2CC(C)(C#N)C2)c(-c2cc3ccc(C)cc3[nH]2)c1. The van der Waals surface area contributed by atoms with Crippen molar-refractivity contribution in [2.24, 2.45) is 5.41 Å². The average Bonchev–Trinajstić information content (AvgIpc) is 3.07. The van der Waals surface area contributed by atoms with E-state index in [1.807, 2.05) is 32.0 Å². The van der Waals surface area contributed by atoms with Crippen LogP contribution in [-0.4, -0.2) is 28.0 Å². The van der Waals surface area contributed by atoms with Gasteiger partial charge in [-0.2, -0.15) is 5.26 Å². The fourth-order valence-electron chi connectivity index (χ4n) is 3.74. The van der Waals surface area contributed by atoms with Gasteiger partial charge < -0.3 is 9.88 Å². The Morgan fingerprint density at radius 2 is 2.00 bits per heavy atom. The van der Waals surface area contributed by atoms with Crippen LogP contribution in [0.25, 0.3) is 22.2 Å². The molecule has 0 amide bonds. The summed E-state index contributed by atoms with van der Waals surface area (Å²) < 4.78 is 12.4. The summed E-state index contributed by atoms with van der Waals surface area (Å²) in [7, 11) is -1.00. The summed E-state index contributed by atoms with van der Waals surface area (Å²) in [4.78, 5) is 6.60. The van der Waals surface area contributed by atoms with Gasteiger partial charge in [0.25, 0.3) is 0 Å². The molecular formula is C22H23N3OS. The number of anilines is 1. The lowest BCUT2D eigenvalue weighted by atomic mass is 9.83. The minimum Gasteiger partial charge on any atom is -0.368 e. The van der Waals surface area contributed by atoms with E-state index in [9.17, 15) is 9.47 Å². The normalized spacial score (nSPS) is 16.7. The number of nitriles is 1. The summed E-state index contributed by atoms with van der Waals surface area (Å²) in [6.07, 6.45) is 0. The Morgan fingerprint density at radius 1 is 1.22 bits per heavy atom. The molecule has 1 fully saturated rings. The van der Waals surface area contributed by atoms with Crippen LogP contribution in [0.3, 0.4) is 0 Å². The fourth-order valence-corrected chi connectivity index (χ4v) is 4.54. The number of nitrogens with zero attached hydrogens (tertiary/aromatic N) is 2. The van der Waals surface area contributed by atoms with Crippen LogP contribution in [-0.2, 0) is 10.8 Å². The van der Waals surface area contributed by atoms with Crippen molar-refractivity contribution in [2.75, 3.05) is 23.7 Å². The quantitative estimate of drug-likeness (QED) is 0.722. The molecule has 27 heavy (non-hydrogen) atoms. The third-order valence-electron chi connectivity index (χ3n) is 5.25. The largest absolute Gasteiger partial charge is 0.368 e. The highest BCUT2D eigenvalue weighted by molar-refractivity contribution is 7.85. The van der Waals surface area contributed by atoms with E-state index in [0.717, 1.165) is 32.7 Å². The zero-order valence-electron chi connectivity index (χ0n) is 15.9. The lowest BCUT2D eigenvalue weighted by molar-refractivity contribution is 0.337. The molecule has 2 aromatic carbocycles. The van der Waals surface area contributed by atoms with Crippen LogP contribution >= 0.6 is 0 Å². The van der Waals surface area contributed by atoms with Crippen molar-refractivity contribution >= 4 is 27.4 Å². The van der Waals surface area contributed by atoms with Crippen molar-refractivity contribution in [3.05, 3.63) is 48.0 Å². The summed E-state index contributed by atoms with van der Waals surface area (Å²) in [5.41, 5.74) is 5.17. The Morgan fingerprint density at radius 3 is 2.70 bits per heavy atom. The Bertz CT molecular complexity index is 1090. The number of aromatic nitrogens is 1. The number of aryl methyl sites for hydroxylation is 1. The predicted molar refractivity (Wildman–Crippen MR) is 111 cm³/mol. The minimum atomic E-state index is -1.00. The lowest BCUT2D eigenvalue weighted by Gasteiger charge is -2.45.